The molecule has 2 aromatic carbocycles. The normalized spacial score (nSPS) is 12.3. The summed E-state index contributed by atoms with van der Waals surface area (Å²) in [7, 11) is 0. The van der Waals surface area contributed by atoms with Gasteiger partial charge in [-0.05, 0) is 63.5 Å². The molecule has 0 aliphatic carbocycles. The SMILES string of the molecule is Cc1cc(C(=O)NC(CC(=O)O)Cc2ccc(-c3ncc(Br)cn3)cc2)ccc1C(C)(C)C. The first kappa shape index (κ1) is 24.6. The van der Waals surface area contributed by atoms with Gasteiger partial charge in [-0.3, -0.25) is 9.59 Å². The number of nitrogens with zero attached hydrogens (tertiary/aromatic N) is 2. The smallest absolute Gasteiger partial charge is 0.305 e. The van der Waals surface area contributed by atoms with Crippen LogP contribution in [0.3, 0.4) is 0 Å². The predicted octanol–water partition coefficient (Wildman–Crippen LogP) is 5.33. The molecule has 0 fully saturated rings. The molecule has 0 spiro atoms. The van der Waals surface area contributed by atoms with Gasteiger partial charge in [0, 0.05) is 29.6 Å². The average molecular weight is 510 g/mol. The van der Waals surface area contributed by atoms with Crippen molar-refractivity contribution >= 4 is 27.8 Å². The second-order valence-corrected chi connectivity index (χ2v) is 10.1. The molecule has 0 saturated heterocycles. The number of halogens is 1. The second kappa shape index (κ2) is 10.3. The van der Waals surface area contributed by atoms with E-state index < -0.39 is 12.0 Å². The molecule has 33 heavy (non-hydrogen) atoms. The van der Waals surface area contributed by atoms with Crippen LogP contribution in [0.25, 0.3) is 11.4 Å². The Bertz CT molecular complexity index is 1140. The summed E-state index contributed by atoms with van der Waals surface area (Å²) >= 11 is 3.32. The number of carboxylic acids is 1. The summed E-state index contributed by atoms with van der Waals surface area (Å²) < 4.78 is 0.804. The summed E-state index contributed by atoms with van der Waals surface area (Å²) in [6.07, 6.45) is 3.61. The Morgan fingerprint density at radius 1 is 1.06 bits per heavy atom. The average Bonchev–Trinajstić information content (AvgIpc) is 2.73. The maximum atomic E-state index is 12.9. The number of aromatic nitrogens is 2. The zero-order valence-electron chi connectivity index (χ0n) is 19.2. The Hall–Kier alpha value is -3.06. The number of carbonyl (C=O) groups excluding carboxylic acids is 1. The summed E-state index contributed by atoms with van der Waals surface area (Å²) in [6.45, 7) is 8.38. The lowest BCUT2D eigenvalue weighted by atomic mass is 9.83. The Kier molecular flexibility index (Phi) is 7.64. The maximum Gasteiger partial charge on any atom is 0.305 e. The van der Waals surface area contributed by atoms with Crippen molar-refractivity contribution in [1.29, 1.82) is 0 Å². The molecular weight excluding hydrogens is 482 g/mol. The van der Waals surface area contributed by atoms with Crippen molar-refractivity contribution in [3.8, 4) is 11.4 Å². The summed E-state index contributed by atoms with van der Waals surface area (Å²) in [6, 6.07) is 12.7. The summed E-state index contributed by atoms with van der Waals surface area (Å²) in [5, 5.41) is 12.3. The standard InChI is InChI=1S/C26H28BrN3O3/c1-16-11-19(9-10-22(16)26(2,3)4)25(33)30-21(13-23(31)32)12-17-5-7-18(8-6-17)24-28-14-20(27)15-29-24/h5-11,14-15,21H,12-13H2,1-4H3,(H,30,33)(H,31,32). The van der Waals surface area contributed by atoms with Crippen LogP contribution in [-0.2, 0) is 16.6 Å². The molecular formula is C26H28BrN3O3. The first-order valence-electron chi connectivity index (χ1n) is 10.7. The molecule has 3 rings (SSSR count). The van der Waals surface area contributed by atoms with Gasteiger partial charge in [0.25, 0.3) is 5.91 Å². The van der Waals surface area contributed by atoms with Gasteiger partial charge in [-0.1, -0.05) is 51.1 Å². The second-order valence-electron chi connectivity index (χ2n) is 9.17. The third kappa shape index (κ3) is 6.71. The Labute approximate surface area is 202 Å². The van der Waals surface area contributed by atoms with Crippen LogP contribution in [0.15, 0.2) is 59.3 Å². The van der Waals surface area contributed by atoms with Crippen LogP contribution in [0.4, 0.5) is 0 Å². The number of carboxylic acid groups (broad SMARTS) is 1. The van der Waals surface area contributed by atoms with Crippen LogP contribution >= 0.6 is 15.9 Å². The number of nitrogens with one attached hydrogen (secondary N) is 1. The third-order valence-corrected chi connectivity index (χ3v) is 5.78. The van der Waals surface area contributed by atoms with Gasteiger partial charge in [0.2, 0.25) is 0 Å². The first-order chi connectivity index (χ1) is 15.5. The van der Waals surface area contributed by atoms with Crippen LogP contribution in [0.1, 0.15) is 54.2 Å². The molecule has 1 atom stereocenters. The van der Waals surface area contributed by atoms with E-state index in [-0.39, 0.29) is 17.7 Å². The van der Waals surface area contributed by atoms with E-state index in [1.165, 1.54) is 5.56 Å². The van der Waals surface area contributed by atoms with E-state index in [9.17, 15) is 14.7 Å². The molecule has 1 heterocycles. The highest BCUT2D eigenvalue weighted by molar-refractivity contribution is 9.10. The topological polar surface area (TPSA) is 92.2 Å². The summed E-state index contributed by atoms with van der Waals surface area (Å²) in [5.41, 5.74) is 4.50. The molecule has 0 radical (unpaired) electrons. The van der Waals surface area contributed by atoms with Crippen molar-refractivity contribution < 1.29 is 14.7 Å². The summed E-state index contributed by atoms with van der Waals surface area (Å²) in [5.74, 6) is -0.627. The molecule has 0 aliphatic rings. The lowest BCUT2D eigenvalue weighted by molar-refractivity contribution is -0.137. The third-order valence-electron chi connectivity index (χ3n) is 5.37. The molecule has 3 aromatic rings. The highest BCUT2D eigenvalue weighted by atomic mass is 79.9. The highest BCUT2D eigenvalue weighted by Gasteiger charge is 2.20. The fourth-order valence-electron chi connectivity index (χ4n) is 3.84. The maximum absolute atomic E-state index is 12.9. The largest absolute Gasteiger partial charge is 0.481 e. The minimum absolute atomic E-state index is 0.0155. The Balaban J connectivity index is 1.73. The number of aliphatic carboxylic acids is 1. The van der Waals surface area contributed by atoms with E-state index in [4.69, 9.17) is 0 Å². The van der Waals surface area contributed by atoms with Crippen molar-refractivity contribution in [1.82, 2.24) is 15.3 Å². The van der Waals surface area contributed by atoms with Gasteiger partial charge in [0.15, 0.2) is 5.82 Å². The van der Waals surface area contributed by atoms with Gasteiger partial charge in [-0.25, -0.2) is 9.97 Å². The lowest BCUT2D eigenvalue weighted by Crippen LogP contribution is -2.38. The molecule has 2 N–H and O–H groups in total. The van der Waals surface area contributed by atoms with E-state index in [1.54, 1.807) is 18.5 Å². The van der Waals surface area contributed by atoms with E-state index in [0.717, 1.165) is 21.2 Å². The highest BCUT2D eigenvalue weighted by Crippen LogP contribution is 2.26. The van der Waals surface area contributed by atoms with Crippen LogP contribution in [0, 0.1) is 6.92 Å². The van der Waals surface area contributed by atoms with Crippen LogP contribution in [-0.4, -0.2) is 33.0 Å². The number of benzene rings is 2. The van der Waals surface area contributed by atoms with Gasteiger partial charge in [0.05, 0.1) is 10.9 Å². The zero-order valence-corrected chi connectivity index (χ0v) is 20.8. The van der Waals surface area contributed by atoms with E-state index in [0.29, 0.717) is 17.8 Å². The number of carbonyl (C=O) groups is 2. The van der Waals surface area contributed by atoms with Crippen molar-refractivity contribution in [2.24, 2.45) is 0 Å². The monoisotopic (exact) mass is 509 g/mol. The molecule has 1 unspecified atom stereocenters. The number of aryl methyl sites for hydroxylation is 1. The minimum atomic E-state index is -0.959. The molecule has 7 heteroatoms. The van der Waals surface area contributed by atoms with Crippen molar-refractivity contribution in [2.45, 2.75) is 52.0 Å². The first-order valence-corrected chi connectivity index (χ1v) is 11.5. The number of hydrogen-bond acceptors (Lipinski definition) is 4. The number of hydrogen-bond donors (Lipinski definition) is 2. The Morgan fingerprint density at radius 3 is 2.24 bits per heavy atom. The van der Waals surface area contributed by atoms with Crippen molar-refractivity contribution in [3.63, 3.8) is 0 Å². The van der Waals surface area contributed by atoms with Gasteiger partial charge >= 0.3 is 5.97 Å². The number of amides is 1. The predicted molar refractivity (Wildman–Crippen MR) is 132 cm³/mol. The zero-order chi connectivity index (χ0) is 24.2. The fraction of sp³-hybridized carbons (Fsp3) is 0.308. The molecule has 0 saturated carbocycles. The van der Waals surface area contributed by atoms with Crippen LogP contribution in [0.2, 0.25) is 0 Å². The lowest BCUT2D eigenvalue weighted by Gasteiger charge is -2.22. The fourth-order valence-corrected chi connectivity index (χ4v) is 4.04. The molecule has 0 bridgehead atoms. The van der Waals surface area contributed by atoms with Gasteiger partial charge in [-0.15, -0.1) is 0 Å². The Morgan fingerprint density at radius 2 is 1.70 bits per heavy atom. The molecule has 6 nitrogen and oxygen atoms in total. The quantitative estimate of drug-likeness (QED) is 0.449. The van der Waals surface area contributed by atoms with Gasteiger partial charge in [-0.2, -0.15) is 0 Å². The van der Waals surface area contributed by atoms with Gasteiger partial charge in [0.1, 0.15) is 0 Å². The molecule has 0 aliphatic heterocycles. The van der Waals surface area contributed by atoms with E-state index >= 15 is 0 Å². The van der Waals surface area contributed by atoms with Crippen LogP contribution < -0.4 is 5.32 Å². The van der Waals surface area contributed by atoms with E-state index in [1.807, 2.05) is 43.3 Å². The van der Waals surface area contributed by atoms with E-state index in [2.05, 4.69) is 52.0 Å². The number of rotatable bonds is 7. The van der Waals surface area contributed by atoms with Crippen molar-refractivity contribution in [2.75, 3.05) is 0 Å². The van der Waals surface area contributed by atoms with Gasteiger partial charge < -0.3 is 10.4 Å². The summed E-state index contributed by atoms with van der Waals surface area (Å²) in [4.78, 5) is 32.9. The minimum Gasteiger partial charge on any atom is -0.481 e. The molecule has 1 amide bonds. The molecule has 1 aromatic heterocycles. The van der Waals surface area contributed by atoms with Crippen LogP contribution in [0.5, 0.6) is 0 Å². The van der Waals surface area contributed by atoms with Crippen molar-refractivity contribution in [3.05, 3.63) is 81.6 Å². The molecule has 172 valence electrons.